The lowest BCUT2D eigenvalue weighted by Crippen LogP contribution is -2.41. The second-order valence-electron chi connectivity index (χ2n) is 7.06. The maximum Gasteiger partial charge on any atom is 0.341 e. The first-order valence-electron chi connectivity index (χ1n) is 9.68. The van der Waals surface area contributed by atoms with Gasteiger partial charge in [0.05, 0.1) is 30.5 Å². The molecule has 0 spiro atoms. The Morgan fingerprint density at radius 1 is 1.23 bits per heavy atom. The number of rotatable bonds is 4. The van der Waals surface area contributed by atoms with Gasteiger partial charge < -0.3 is 25.8 Å². The minimum Gasteiger partial charge on any atom is -0.481 e. The van der Waals surface area contributed by atoms with Crippen LogP contribution in [-0.2, 0) is 32.0 Å². The van der Waals surface area contributed by atoms with Crippen molar-refractivity contribution in [3.8, 4) is 0 Å². The fourth-order valence-corrected chi connectivity index (χ4v) is 4.80. The molecule has 2 aliphatic rings. The first-order chi connectivity index (χ1) is 14.8. The van der Waals surface area contributed by atoms with Gasteiger partial charge in [-0.3, -0.25) is 14.4 Å². The maximum absolute atomic E-state index is 12.6. The summed E-state index contributed by atoms with van der Waals surface area (Å²) < 4.78 is 4.89. The van der Waals surface area contributed by atoms with Gasteiger partial charge in [0.15, 0.2) is 0 Å². The zero-order valence-corrected chi connectivity index (χ0v) is 17.9. The first kappa shape index (κ1) is 22.3. The smallest absolute Gasteiger partial charge is 0.341 e. The third-order valence-electron chi connectivity index (χ3n) is 4.78. The Kier molecular flexibility index (Phi) is 6.91. The number of aryl methyl sites for hydroxylation is 1. The maximum atomic E-state index is 12.6. The summed E-state index contributed by atoms with van der Waals surface area (Å²) in [5, 5.41) is 16.6. The average Bonchev–Trinajstić information content (AvgIpc) is 3.28. The molecule has 2 aromatic rings. The monoisotopic (exact) mass is 445 g/mol. The second kappa shape index (κ2) is 9.61. The molecule has 164 valence electrons. The molecule has 1 aromatic carbocycles. The number of hydrogen-bond donors (Lipinski definition) is 4. The molecule has 1 unspecified atom stereocenters. The third-order valence-corrected chi connectivity index (χ3v) is 5.99. The quantitative estimate of drug-likeness (QED) is 0.532. The van der Waals surface area contributed by atoms with Gasteiger partial charge in [0.2, 0.25) is 11.8 Å². The normalized spacial score (nSPS) is 15.9. The van der Waals surface area contributed by atoms with Crippen molar-refractivity contribution < 1.29 is 29.0 Å². The molecule has 2 heterocycles. The molecule has 2 amide bonds. The van der Waals surface area contributed by atoms with E-state index in [0.717, 1.165) is 42.3 Å². The lowest BCUT2D eigenvalue weighted by molar-refractivity contribution is -0.134. The number of nitrogens with one attached hydrogen (secondary N) is 3. The van der Waals surface area contributed by atoms with Crippen molar-refractivity contribution in [2.75, 3.05) is 23.1 Å². The molecule has 0 saturated carbocycles. The van der Waals surface area contributed by atoms with Crippen LogP contribution in [0.2, 0.25) is 0 Å². The molecule has 0 bridgehead atoms. The molecule has 0 saturated heterocycles. The van der Waals surface area contributed by atoms with Gasteiger partial charge in [-0.25, -0.2) is 4.79 Å². The molecule has 9 nitrogen and oxygen atoms in total. The van der Waals surface area contributed by atoms with E-state index in [9.17, 15) is 14.4 Å². The number of carbonyl (C=O) groups excluding carboxylic acids is 3. The summed E-state index contributed by atoms with van der Waals surface area (Å²) in [6, 6.07) is 6.66. The Labute approximate surface area is 182 Å². The van der Waals surface area contributed by atoms with E-state index >= 15 is 0 Å². The van der Waals surface area contributed by atoms with E-state index < -0.39 is 18.0 Å². The molecular weight excluding hydrogens is 422 g/mol. The Morgan fingerprint density at radius 3 is 2.58 bits per heavy atom. The van der Waals surface area contributed by atoms with E-state index in [4.69, 9.17) is 14.6 Å². The lowest BCUT2D eigenvalue weighted by atomic mass is 10.1. The number of hydrogen-bond acceptors (Lipinski definition) is 7. The van der Waals surface area contributed by atoms with Gasteiger partial charge in [-0.1, -0.05) is 12.1 Å². The highest BCUT2D eigenvalue weighted by atomic mass is 32.1. The summed E-state index contributed by atoms with van der Waals surface area (Å²) in [6.07, 6.45) is 2.69. The van der Waals surface area contributed by atoms with E-state index in [-0.39, 0.29) is 18.2 Å². The Hall–Kier alpha value is -3.40. The molecule has 4 rings (SSSR count). The van der Waals surface area contributed by atoms with Gasteiger partial charge in [0.25, 0.3) is 5.97 Å². The second-order valence-corrected chi connectivity index (χ2v) is 8.16. The van der Waals surface area contributed by atoms with Crippen molar-refractivity contribution in [2.45, 2.75) is 38.6 Å². The van der Waals surface area contributed by atoms with E-state index in [1.807, 2.05) is 18.2 Å². The van der Waals surface area contributed by atoms with Crippen LogP contribution >= 0.6 is 11.3 Å². The van der Waals surface area contributed by atoms with E-state index in [1.165, 1.54) is 18.4 Å². The number of amides is 2. The van der Waals surface area contributed by atoms with Crippen LogP contribution < -0.4 is 16.0 Å². The Morgan fingerprint density at radius 2 is 1.90 bits per heavy atom. The number of ether oxygens (including phenoxy) is 1. The predicted octanol–water partition coefficient (Wildman–Crippen LogP) is 2.88. The molecule has 1 aliphatic heterocycles. The largest absolute Gasteiger partial charge is 0.481 e. The van der Waals surface area contributed by atoms with Crippen molar-refractivity contribution in [1.82, 2.24) is 0 Å². The molecule has 4 N–H and O–H groups in total. The van der Waals surface area contributed by atoms with E-state index in [2.05, 4.69) is 16.0 Å². The molecule has 31 heavy (non-hydrogen) atoms. The molecule has 10 heteroatoms. The summed E-state index contributed by atoms with van der Waals surface area (Å²) in [7, 11) is 1.33. The molecule has 1 aromatic heterocycles. The van der Waals surface area contributed by atoms with Crippen LogP contribution in [-0.4, -0.2) is 42.0 Å². The van der Waals surface area contributed by atoms with Crippen molar-refractivity contribution in [1.29, 1.82) is 0 Å². The molecule has 0 fully saturated rings. The summed E-state index contributed by atoms with van der Waals surface area (Å²) in [6.45, 7) is 1.08. The van der Waals surface area contributed by atoms with Crippen molar-refractivity contribution in [3.05, 3.63) is 40.3 Å². The highest BCUT2D eigenvalue weighted by Gasteiger charge is 2.30. The van der Waals surface area contributed by atoms with Crippen molar-refractivity contribution in [3.63, 3.8) is 0 Å². The number of thiophene rings is 1. The number of carboxylic acids is 1. The van der Waals surface area contributed by atoms with Gasteiger partial charge in [0.1, 0.15) is 11.0 Å². The highest BCUT2D eigenvalue weighted by molar-refractivity contribution is 7.17. The summed E-state index contributed by atoms with van der Waals surface area (Å²) in [5.41, 5.74) is 2.90. The minimum absolute atomic E-state index is 0.0383. The van der Waals surface area contributed by atoms with Crippen LogP contribution in [0.1, 0.15) is 40.6 Å². The lowest BCUT2D eigenvalue weighted by Gasteiger charge is -2.26. The fourth-order valence-electron chi connectivity index (χ4n) is 3.51. The number of para-hydroxylation sites is 2. The summed E-state index contributed by atoms with van der Waals surface area (Å²) in [5.74, 6) is -1.86. The number of esters is 1. The number of fused-ring (bicyclic) bond motifs is 2. The van der Waals surface area contributed by atoms with E-state index in [0.29, 0.717) is 16.3 Å². The third kappa shape index (κ3) is 5.21. The van der Waals surface area contributed by atoms with Crippen LogP contribution in [0.25, 0.3) is 0 Å². The average molecular weight is 445 g/mol. The number of anilines is 3. The van der Waals surface area contributed by atoms with Crippen molar-refractivity contribution >= 4 is 51.5 Å². The molecule has 1 atom stereocenters. The van der Waals surface area contributed by atoms with Crippen LogP contribution in [0.4, 0.5) is 16.4 Å². The first-order valence-corrected chi connectivity index (χ1v) is 10.5. The SMILES string of the molecule is CC(=O)O.COC(=O)c1c(NC(=O)CC2Nc3ccccc3NC2=O)sc2c1CCC2. The molecule has 0 radical (unpaired) electrons. The topological polar surface area (TPSA) is 134 Å². The van der Waals surface area contributed by atoms with Crippen molar-refractivity contribution in [2.24, 2.45) is 0 Å². The predicted molar refractivity (Wildman–Crippen MR) is 117 cm³/mol. The standard InChI is InChI=1S/C19H19N3O4S.C2H4O2/c1-26-19(25)16-10-5-4-8-14(10)27-18(16)22-15(23)9-13-17(24)21-12-7-3-2-6-11(12)20-13;1-2(3)4/h2-3,6-7,13,20H,4-5,8-9H2,1H3,(H,21,24)(H,22,23);1H3,(H,3,4). The van der Waals surface area contributed by atoms with Crippen LogP contribution in [0.3, 0.4) is 0 Å². The van der Waals surface area contributed by atoms with Gasteiger partial charge in [-0.2, -0.15) is 0 Å². The number of carbonyl (C=O) groups is 4. The minimum atomic E-state index is -0.833. The summed E-state index contributed by atoms with van der Waals surface area (Å²) in [4.78, 5) is 47.1. The Bertz CT molecular complexity index is 1030. The van der Waals surface area contributed by atoms with Crippen LogP contribution in [0.5, 0.6) is 0 Å². The zero-order valence-electron chi connectivity index (χ0n) is 17.1. The Balaban J connectivity index is 0.000000628. The molecule has 1 aliphatic carbocycles. The fraction of sp³-hybridized carbons (Fsp3) is 0.333. The number of aliphatic carboxylic acids is 1. The van der Waals surface area contributed by atoms with Gasteiger partial charge in [0, 0.05) is 11.8 Å². The van der Waals surface area contributed by atoms with E-state index in [1.54, 1.807) is 6.07 Å². The number of benzene rings is 1. The van der Waals surface area contributed by atoms with Gasteiger partial charge >= 0.3 is 5.97 Å². The van der Waals surface area contributed by atoms with Gasteiger partial charge in [-0.15, -0.1) is 11.3 Å². The number of carboxylic acid groups (broad SMARTS) is 1. The molecular formula is C21H23N3O6S. The summed E-state index contributed by atoms with van der Waals surface area (Å²) >= 11 is 1.42. The zero-order chi connectivity index (χ0) is 22.5. The highest BCUT2D eigenvalue weighted by Crippen LogP contribution is 2.39. The van der Waals surface area contributed by atoms with Gasteiger partial charge in [-0.05, 0) is 37.0 Å². The van der Waals surface area contributed by atoms with Crippen LogP contribution in [0.15, 0.2) is 24.3 Å². The number of methoxy groups -OCH3 is 1. The van der Waals surface area contributed by atoms with Crippen LogP contribution in [0, 0.1) is 0 Å².